The maximum atomic E-state index is 13.4. The number of nitrogens with one attached hydrogen (secondary N) is 1. The fraction of sp³-hybridized carbons (Fsp3) is 0.0714. The van der Waals surface area contributed by atoms with E-state index in [1.807, 2.05) is 0 Å². The molecule has 0 spiro atoms. The summed E-state index contributed by atoms with van der Waals surface area (Å²) in [6.45, 7) is 0. The second-order valence-electron chi connectivity index (χ2n) is 4.12. The first-order valence-corrected chi connectivity index (χ1v) is 7.67. The van der Waals surface area contributed by atoms with E-state index in [1.165, 1.54) is 17.8 Å². The number of nitrogens with two attached hydrogens (primary N) is 1. The summed E-state index contributed by atoms with van der Waals surface area (Å²) in [5.41, 5.74) is 5.79. The van der Waals surface area contributed by atoms with Gasteiger partial charge in [0, 0.05) is 15.1 Å². The van der Waals surface area contributed by atoms with Crippen LogP contribution in [0.25, 0.3) is 0 Å². The predicted molar refractivity (Wildman–Crippen MR) is 84.3 cm³/mol. The monoisotopic (exact) mass is 372 g/mol. The van der Waals surface area contributed by atoms with Crippen LogP contribution in [0.1, 0.15) is 0 Å². The molecule has 0 saturated carbocycles. The van der Waals surface area contributed by atoms with Crippen molar-refractivity contribution >= 4 is 45.0 Å². The van der Waals surface area contributed by atoms with Gasteiger partial charge in [-0.2, -0.15) is 0 Å². The standard InChI is InChI=1S/C14H11BrF2N2OS/c15-9-6-8(18)4-5-12(9)21-7-13(20)19-14-10(16)2-1-3-11(14)17/h1-6H,7,18H2,(H,19,20). The molecule has 0 fully saturated rings. The summed E-state index contributed by atoms with van der Waals surface area (Å²) < 4.78 is 27.6. The third kappa shape index (κ3) is 4.18. The third-order valence-electron chi connectivity index (χ3n) is 2.54. The molecular formula is C14H11BrF2N2OS. The Morgan fingerprint density at radius 3 is 2.52 bits per heavy atom. The minimum Gasteiger partial charge on any atom is -0.399 e. The molecule has 0 bridgehead atoms. The number of rotatable bonds is 4. The molecule has 0 heterocycles. The van der Waals surface area contributed by atoms with Crippen LogP contribution < -0.4 is 11.1 Å². The Hall–Kier alpha value is -1.60. The van der Waals surface area contributed by atoms with Crippen molar-refractivity contribution in [1.29, 1.82) is 0 Å². The highest BCUT2D eigenvalue weighted by Crippen LogP contribution is 2.29. The van der Waals surface area contributed by atoms with E-state index >= 15 is 0 Å². The minimum absolute atomic E-state index is 0.0241. The third-order valence-corrected chi connectivity index (χ3v) is 4.53. The zero-order chi connectivity index (χ0) is 15.4. The summed E-state index contributed by atoms with van der Waals surface area (Å²) in [6, 6.07) is 8.60. The van der Waals surface area contributed by atoms with Crippen LogP contribution in [-0.4, -0.2) is 11.7 Å². The molecule has 21 heavy (non-hydrogen) atoms. The minimum atomic E-state index is -0.804. The van der Waals surface area contributed by atoms with Crippen LogP contribution in [0.2, 0.25) is 0 Å². The Kier molecular flexibility index (Phi) is 5.19. The first-order chi connectivity index (χ1) is 9.97. The zero-order valence-electron chi connectivity index (χ0n) is 10.7. The van der Waals surface area contributed by atoms with Gasteiger partial charge >= 0.3 is 0 Å². The van der Waals surface area contributed by atoms with Gasteiger partial charge in [-0.1, -0.05) is 6.07 Å². The number of hydrogen-bond donors (Lipinski definition) is 2. The average Bonchev–Trinajstić information content (AvgIpc) is 2.42. The molecule has 2 rings (SSSR count). The molecule has 0 aliphatic carbocycles. The Labute approximate surface area is 133 Å². The number of anilines is 2. The largest absolute Gasteiger partial charge is 0.399 e. The van der Waals surface area contributed by atoms with Crippen molar-refractivity contribution in [3.8, 4) is 0 Å². The van der Waals surface area contributed by atoms with Gasteiger partial charge in [-0.25, -0.2) is 8.78 Å². The molecule has 2 aromatic carbocycles. The van der Waals surface area contributed by atoms with E-state index in [-0.39, 0.29) is 5.75 Å². The molecule has 110 valence electrons. The molecule has 0 aliphatic heterocycles. The fourth-order valence-corrected chi connectivity index (χ4v) is 3.03. The second kappa shape index (κ2) is 6.91. The van der Waals surface area contributed by atoms with Crippen LogP contribution in [0, 0.1) is 11.6 Å². The molecule has 3 nitrogen and oxygen atoms in total. The number of hydrogen-bond acceptors (Lipinski definition) is 3. The van der Waals surface area contributed by atoms with Crippen LogP contribution in [0.4, 0.5) is 20.2 Å². The lowest BCUT2D eigenvalue weighted by molar-refractivity contribution is -0.113. The Bertz CT molecular complexity index is 662. The highest BCUT2D eigenvalue weighted by atomic mass is 79.9. The molecule has 7 heteroatoms. The Morgan fingerprint density at radius 1 is 1.24 bits per heavy atom. The van der Waals surface area contributed by atoms with E-state index in [4.69, 9.17) is 5.73 Å². The van der Waals surface area contributed by atoms with Crippen molar-refractivity contribution in [2.45, 2.75) is 4.90 Å². The Morgan fingerprint density at radius 2 is 1.90 bits per heavy atom. The number of halogens is 3. The lowest BCUT2D eigenvalue weighted by Crippen LogP contribution is -2.16. The van der Waals surface area contributed by atoms with E-state index in [0.29, 0.717) is 5.69 Å². The molecule has 2 aromatic rings. The highest BCUT2D eigenvalue weighted by Gasteiger charge is 2.12. The molecule has 0 radical (unpaired) electrons. The highest BCUT2D eigenvalue weighted by molar-refractivity contribution is 9.10. The van der Waals surface area contributed by atoms with Crippen LogP contribution in [-0.2, 0) is 4.79 Å². The maximum absolute atomic E-state index is 13.4. The number of thioether (sulfide) groups is 1. The lowest BCUT2D eigenvalue weighted by atomic mass is 10.3. The van der Waals surface area contributed by atoms with Gasteiger partial charge in [0.05, 0.1) is 5.75 Å². The molecule has 0 aromatic heterocycles. The average molecular weight is 373 g/mol. The SMILES string of the molecule is Nc1ccc(SCC(=O)Nc2c(F)cccc2F)c(Br)c1. The van der Waals surface area contributed by atoms with Crippen LogP contribution in [0.3, 0.4) is 0 Å². The van der Waals surface area contributed by atoms with Crippen molar-refractivity contribution in [3.05, 3.63) is 52.5 Å². The van der Waals surface area contributed by atoms with Gasteiger partial charge in [0.1, 0.15) is 17.3 Å². The fourth-order valence-electron chi connectivity index (χ4n) is 1.57. The van der Waals surface area contributed by atoms with Gasteiger partial charge in [0.15, 0.2) is 0 Å². The number of benzene rings is 2. The van der Waals surface area contributed by atoms with Gasteiger partial charge < -0.3 is 11.1 Å². The van der Waals surface area contributed by atoms with Crippen LogP contribution in [0.15, 0.2) is 45.8 Å². The van der Waals surface area contributed by atoms with E-state index in [9.17, 15) is 13.6 Å². The molecule has 3 N–H and O–H groups in total. The first kappa shape index (κ1) is 15.8. The van der Waals surface area contributed by atoms with Gasteiger partial charge in [-0.15, -0.1) is 11.8 Å². The van der Waals surface area contributed by atoms with E-state index in [2.05, 4.69) is 21.2 Å². The maximum Gasteiger partial charge on any atom is 0.234 e. The summed E-state index contributed by atoms with van der Waals surface area (Å²) in [4.78, 5) is 12.6. The number of amides is 1. The van der Waals surface area contributed by atoms with Crippen molar-refractivity contribution in [2.75, 3.05) is 16.8 Å². The second-order valence-corrected chi connectivity index (χ2v) is 5.99. The molecule has 0 atom stereocenters. The number of nitrogen functional groups attached to an aromatic ring is 1. The number of carbonyl (C=O) groups excluding carboxylic acids is 1. The molecule has 1 amide bonds. The smallest absolute Gasteiger partial charge is 0.234 e. The van der Waals surface area contributed by atoms with Gasteiger partial charge in [0.25, 0.3) is 0 Å². The van der Waals surface area contributed by atoms with Crippen molar-refractivity contribution in [2.24, 2.45) is 0 Å². The first-order valence-electron chi connectivity index (χ1n) is 5.89. The van der Waals surface area contributed by atoms with E-state index in [1.54, 1.807) is 18.2 Å². The molecule has 0 saturated heterocycles. The lowest BCUT2D eigenvalue weighted by Gasteiger charge is -2.08. The molecule has 0 unspecified atom stereocenters. The van der Waals surface area contributed by atoms with E-state index < -0.39 is 23.2 Å². The topological polar surface area (TPSA) is 55.1 Å². The van der Waals surface area contributed by atoms with Crippen LogP contribution >= 0.6 is 27.7 Å². The molecular weight excluding hydrogens is 362 g/mol. The van der Waals surface area contributed by atoms with Crippen molar-refractivity contribution in [1.82, 2.24) is 0 Å². The summed E-state index contributed by atoms with van der Waals surface area (Å²) in [7, 11) is 0. The summed E-state index contributed by atoms with van der Waals surface area (Å²) in [6.07, 6.45) is 0. The Balaban J connectivity index is 1.99. The summed E-state index contributed by atoms with van der Waals surface area (Å²) in [5.74, 6) is -2.08. The van der Waals surface area contributed by atoms with Crippen molar-refractivity contribution < 1.29 is 13.6 Å². The van der Waals surface area contributed by atoms with Gasteiger partial charge in [0.2, 0.25) is 5.91 Å². The number of para-hydroxylation sites is 1. The molecule has 0 aliphatic rings. The zero-order valence-corrected chi connectivity index (χ0v) is 13.1. The quantitative estimate of drug-likeness (QED) is 0.628. The van der Waals surface area contributed by atoms with Gasteiger partial charge in [-0.3, -0.25) is 4.79 Å². The van der Waals surface area contributed by atoms with E-state index in [0.717, 1.165) is 21.5 Å². The summed E-state index contributed by atoms with van der Waals surface area (Å²) in [5, 5.41) is 2.23. The van der Waals surface area contributed by atoms with Crippen molar-refractivity contribution in [3.63, 3.8) is 0 Å². The van der Waals surface area contributed by atoms with Gasteiger partial charge in [-0.05, 0) is 46.3 Å². The summed E-state index contributed by atoms with van der Waals surface area (Å²) >= 11 is 4.57. The normalized spacial score (nSPS) is 10.4. The number of carbonyl (C=O) groups is 1. The van der Waals surface area contributed by atoms with Crippen LogP contribution in [0.5, 0.6) is 0 Å². The predicted octanol–water partition coefficient (Wildman–Crippen LogP) is 4.04.